The predicted molar refractivity (Wildman–Crippen MR) is 91.3 cm³/mol. The molecule has 1 unspecified atom stereocenters. The number of hydrogen-bond acceptors (Lipinski definition) is 6. The first-order chi connectivity index (χ1) is 11.1. The normalized spacial score (nSPS) is 10.6. The van der Waals surface area contributed by atoms with Crippen LogP contribution in [0.25, 0.3) is 0 Å². The molecule has 118 valence electrons. The molecule has 2 aromatic rings. The van der Waals surface area contributed by atoms with Gasteiger partial charge in [-0.3, -0.25) is 4.21 Å². The van der Waals surface area contributed by atoms with Crippen molar-refractivity contribution < 1.29 is 4.21 Å². The summed E-state index contributed by atoms with van der Waals surface area (Å²) in [4.78, 5) is 9.54. The first kappa shape index (κ1) is 18.8. The van der Waals surface area contributed by atoms with Gasteiger partial charge in [0.05, 0.1) is 15.7 Å². The zero-order chi connectivity index (χ0) is 17.1. The minimum absolute atomic E-state index is 0.354. The van der Waals surface area contributed by atoms with E-state index in [2.05, 4.69) is 16.9 Å². The van der Waals surface area contributed by atoms with E-state index in [1.165, 1.54) is 6.20 Å². The summed E-state index contributed by atoms with van der Waals surface area (Å²) in [6, 6.07) is 10.8. The highest BCUT2D eigenvalue weighted by atomic mass is 32.2. The Morgan fingerprint density at radius 3 is 2.04 bits per heavy atom. The van der Waals surface area contributed by atoms with E-state index >= 15 is 0 Å². The van der Waals surface area contributed by atoms with Gasteiger partial charge in [0.25, 0.3) is 0 Å². The van der Waals surface area contributed by atoms with Crippen LogP contribution in [-0.2, 0) is 10.8 Å². The van der Waals surface area contributed by atoms with Crippen LogP contribution in [0.15, 0.2) is 46.5 Å². The van der Waals surface area contributed by atoms with Gasteiger partial charge in [0, 0.05) is 23.0 Å². The summed E-state index contributed by atoms with van der Waals surface area (Å²) in [5.41, 5.74) is 0.831. The first-order valence-corrected chi connectivity index (χ1v) is 9.18. The molecule has 2 heterocycles. The Morgan fingerprint density at radius 2 is 1.65 bits per heavy atom. The fourth-order valence-corrected chi connectivity index (χ4v) is 2.79. The van der Waals surface area contributed by atoms with Crippen molar-refractivity contribution in [1.82, 2.24) is 9.97 Å². The second-order valence-electron chi connectivity index (χ2n) is 4.05. The molecule has 0 radical (unpaired) electrons. The summed E-state index contributed by atoms with van der Waals surface area (Å²) in [5, 5.41) is 16.9. The largest absolute Gasteiger partial charge is 0.254 e. The molecule has 0 aliphatic heterocycles. The summed E-state index contributed by atoms with van der Waals surface area (Å²) in [6.45, 7) is 3.93. The van der Waals surface area contributed by atoms with Gasteiger partial charge in [-0.1, -0.05) is 13.8 Å². The van der Waals surface area contributed by atoms with Crippen LogP contribution in [0.5, 0.6) is 0 Å². The van der Waals surface area contributed by atoms with Crippen LogP contribution >= 0.6 is 11.8 Å². The third-order valence-corrected chi connectivity index (χ3v) is 4.69. The monoisotopic (exact) mass is 344 g/mol. The zero-order valence-electron chi connectivity index (χ0n) is 12.9. The molecular weight excluding hydrogens is 328 g/mol. The highest BCUT2D eigenvalue weighted by Crippen LogP contribution is 2.15. The molecule has 0 amide bonds. The lowest BCUT2D eigenvalue weighted by atomic mass is 10.4. The molecule has 0 spiro atoms. The van der Waals surface area contributed by atoms with Crippen LogP contribution in [0.3, 0.4) is 0 Å². The van der Waals surface area contributed by atoms with Crippen molar-refractivity contribution in [3.8, 4) is 12.1 Å². The van der Waals surface area contributed by atoms with Crippen molar-refractivity contribution >= 4 is 22.6 Å². The molecular formula is C16H16N4OS2. The Hall–Kier alpha value is -2.22. The van der Waals surface area contributed by atoms with Gasteiger partial charge in [-0.05, 0) is 30.0 Å². The molecule has 1 atom stereocenters. The molecule has 2 aromatic heterocycles. The number of hydrogen-bond donors (Lipinski definition) is 0. The molecule has 0 saturated heterocycles. The van der Waals surface area contributed by atoms with E-state index in [0.29, 0.717) is 22.0 Å². The summed E-state index contributed by atoms with van der Waals surface area (Å²) in [6.07, 6.45) is 3.21. The highest BCUT2D eigenvalue weighted by Gasteiger charge is 2.00. The Labute approximate surface area is 142 Å². The lowest BCUT2D eigenvalue weighted by Gasteiger charge is -1.96. The van der Waals surface area contributed by atoms with E-state index in [1.54, 1.807) is 36.2 Å². The minimum atomic E-state index is -0.973. The highest BCUT2D eigenvalue weighted by molar-refractivity contribution is 7.99. The van der Waals surface area contributed by atoms with Crippen LogP contribution in [0.2, 0.25) is 0 Å². The standard InChI is InChI=1S/C8H8N2OS.C8H8N2S/c1-2-12(11)8-4-3-7(5-9)10-6-8;1-2-11-8-4-3-7(5-9)10-6-8/h3-4,6H,2H2,1H3;3-4,6H,2H2,1H3. The SMILES string of the molecule is CCS(=O)c1ccc(C#N)nc1.CCSc1ccc(C#N)nc1. The first-order valence-electron chi connectivity index (χ1n) is 6.88. The van der Waals surface area contributed by atoms with Gasteiger partial charge in [-0.15, -0.1) is 11.8 Å². The maximum absolute atomic E-state index is 11.2. The van der Waals surface area contributed by atoms with Gasteiger partial charge in [0.2, 0.25) is 0 Å². The van der Waals surface area contributed by atoms with Gasteiger partial charge in [-0.25, -0.2) is 9.97 Å². The molecule has 2 rings (SSSR count). The molecule has 5 nitrogen and oxygen atoms in total. The minimum Gasteiger partial charge on any atom is -0.254 e. The average Bonchev–Trinajstić information content (AvgIpc) is 2.62. The van der Waals surface area contributed by atoms with Crippen molar-refractivity contribution in [2.24, 2.45) is 0 Å². The van der Waals surface area contributed by atoms with Crippen LogP contribution in [0.1, 0.15) is 25.2 Å². The van der Waals surface area contributed by atoms with Crippen LogP contribution < -0.4 is 0 Å². The van der Waals surface area contributed by atoms with Crippen molar-refractivity contribution in [2.45, 2.75) is 23.6 Å². The molecule has 0 bridgehead atoms. The Bertz CT molecular complexity index is 716. The van der Waals surface area contributed by atoms with E-state index in [4.69, 9.17) is 10.5 Å². The zero-order valence-corrected chi connectivity index (χ0v) is 14.5. The predicted octanol–water partition coefficient (Wildman–Crippen LogP) is 3.15. The Morgan fingerprint density at radius 1 is 1.04 bits per heavy atom. The van der Waals surface area contributed by atoms with Gasteiger partial charge in [0.1, 0.15) is 23.5 Å². The summed E-state index contributed by atoms with van der Waals surface area (Å²) >= 11 is 1.72. The summed E-state index contributed by atoms with van der Waals surface area (Å²) in [5.74, 6) is 1.61. The fourth-order valence-electron chi connectivity index (χ4n) is 1.45. The number of thioether (sulfide) groups is 1. The molecule has 0 saturated carbocycles. The third-order valence-electron chi connectivity index (χ3n) is 2.54. The molecule has 0 aliphatic carbocycles. The van der Waals surface area contributed by atoms with Crippen molar-refractivity contribution in [3.63, 3.8) is 0 Å². The van der Waals surface area contributed by atoms with Crippen LogP contribution in [0, 0.1) is 22.7 Å². The van der Waals surface area contributed by atoms with E-state index in [1.807, 2.05) is 25.1 Å². The lowest BCUT2D eigenvalue weighted by Crippen LogP contribution is -1.95. The van der Waals surface area contributed by atoms with Gasteiger partial charge in [-0.2, -0.15) is 10.5 Å². The summed E-state index contributed by atoms with van der Waals surface area (Å²) in [7, 11) is -0.973. The van der Waals surface area contributed by atoms with Gasteiger partial charge in [0.15, 0.2) is 0 Å². The number of pyridine rings is 2. The number of nitrogens with zero attached hydrogens (tertiary/aromatic N) is 4. The van der Waals surface area contributed by atoms with Gasteiger partial charge < -0.3 is 0 Å². The van der Waals surface area contributed by atoms with Crippen molar-refractivity contribution in [3.05, 3.63) is 48.0 Å². The van der Waals surface area contributed by atoms with E-state index in [-0.39, 0.29) is 0 Å². The lowest BCUT2D eigenvalue weighted by molar-refractivity contribution is 0.683. The van der Waals surface area contributed by atoms with Gasteiger partial charge >= 0.3 is 0 Å². The number of aromatic nitrogens is 2. The Kier molecular flexibility index (Phi) is 8.59. The van der Waals surface area contributed by atoms with E-state index < -0.39 is 10.8 Å². The molecule has 0 aliphatic rings. The average molecular weight is 344 g/mol. The molecule has 23 heavy (non-hydrogen) atoms. The molecule has 0 aromatic carbocycles. The molecule has 0 N–H and O–H groups in total. The third kappa shape index (κ3) is 6.60. The second kappa shape index (κ2) is 10.5. The quantitative estimate of drug-likeness (QED) is 0.791. The molecule has 0 fully saturated rings. The maximum atomic E-state index is 11.2. The maximum Gasteiger partial charge on any atom is 0.140 e. The smallest absolute Gasteiger partial charge is 0.140 e. The fraction of sp³-hybridized carbons (Fsp3) is 0.250. The molecule has 7 heteroatoms. The Balaban J connectivity index is 0.000000231. The van der Waals surface area contributed by atoms with E-state index in [0.717, 1.165) is 10.6 Å². The van der Waals surface area contributed by atoms with Crippen LogP contribution in [-0.4, -0.2) is 25.7 Å². The van der Waals surface area contributed by atoms with Crippen LogP contribution in [0.4, 0.5) is 0 Å². The van der Waals surface area contributed by atoms with Crippen molar-refractivity contribution in [2.75, 3.05) is 11.5 Å². The van der Waals surface area contributed by atoms with E-state index in [9.17, 15) is 4.21 Å². The topological polar surface area (TPSA) is 90.4 Å². The summed E-state index contributed by atoms with van der Waals surface area (Å²) < 4.78 is 11.2. The number of nitriles is 2. The number of rotatable bonds is 4. The second-order valence-corrected chi connectivity index (χ2v) is 7.13. The van der Waals surface area contributed by atoms with Crippen molar-refractivity contribution in [1.29, 1.82) is 10.5 Å².